The number of nitrogens with one attached hydrogen (secondary N) is 1. The Hall–Kier alpha value is -2.53. The van der Waals surface area contributed by atoms with Crippen LogP contribution < -0.4 is 4.74 Å². The van der Waals surface area contributed by atoms with Crippen LogP contribution in [0.1, 0.15) is 25.3 Å². The van der Waals surface area contributed by atoms with Crippen molar-refractivity contribution in [2.24, 2.45) is 13.0 Å². The second kappa shape index (κ2) is 10.9. The van der Waals surface area contributed by atoms with Crippen LogP contribution in [0.2, 0.25) is 0 Å². The molecule has 1 aromatic carbocycles. The number of benzene rings is 1. The third-order valence-corrected chi connectivity index (χ3v) is 7.83. The first-order chi connectivity index (χ1) is 15.6. The van der Waals surface area contributed by atoms with Gasteiger partial charge in [0.2, 0.25) is 5.16 Å². The Balaban J connectivity index is 1.19. The lowest BCUT2D eigenvalue weighted by atomic mass is 9.94. The number of aromatic nitrogens is 6. The number of aromatic amines is 1. The normalized spacial score (nSPS) is 15.6. The Bertz CT molecular complexity index is 986. The highest BCUT2D eigenvalue weighted by molar-refractivity contribution is 7.99. The number of likely N-dealkylation sites (tertiary alicyclic amines) is 1. The van der Waals surface area contributed by atoms with E-state index in [1.54, 1.807) is 28.4 Å². The van der Waals surface area contributed by atoms with Crippen molar-refractivity contribution in [2.75, 3.05) is 18.8 Å². The van der Waals surface area contributed by atoms with Crippen LogP contribution in [0.4, 0.5) is 4.79 Å². The molecule has 1 fully saturated rings. The average molecular weight is 474 g/mol. The molecule has 1 aliphatic heterocycles. The van der Waals surface area contributed by atoms with Crippen molar-refractivity contribution in [1.29, 1.82) is 0 Å². The van der Waals surface area contributed by atoms with E-state index in [1.807, 2.05) is 48.3 Å². The first kappa shape index (κ1) is 22.7. The maximum absolute atomic E-state index is 12.6. The molecule has 0 radical (unpaired) electrons. The van der Waals surface area contributed by atoms with Gasteiger partial charge in [-0.2, -0.15) is 0 Å². The lowest BCUT2D eigenvalue weighted by Gasteiger charge is -2.33. The van der Waals surface area contributed by atoms with Crippen LogP contribution in [-0.2, 0) is 13.5 Å². The molecule has 32 heavy (non-hydrogen) atoms. The summed E-state index contributed by atoms with van der Waals surface area (Å²) in [4.78, 5) is 18.7. The number of piperidine rings is 1. The monoisotopic (exact) mass is 473 g/mol. The molecule has 2 aromatic heterocycles. The van der Waals surface area contributed by atoms with E-state index in [0.717, 1.165) is 35.3 Å². The number of hydrogen-bond donors (Lipinski definition) is 1. The number of imidazole rings is 1. The predicted octanol–water partition coefficient (Wildman–Crippen LogP) is 3.66. The Morgan fingerprint density at radius 2 is 2.06 bits per heavy atom. The zero-order valence-corrected chi connectivity index (χ0v) is 19.8. The van der Waals surface area contributed by atoms with Gasteiger partial charge in [-0.05, 0) is 53.3 Å². The largest absolute Gasteiger partial charge is 0.415 e. The fourth-order valence-corrected chi connectivity index (χ4v) is 5.58. The number of amides is 1. The summed E-state index contributed by atoms with van der Waals surface area (Å²) in [6.07, 6.45) is 6.30. The molecule has 1 atom stereocenters. The number of aryl methyl sites for hydroxylation is 2. The fraction of sp³-hybridized carbons (Fsp3) is 0.476. The quantitative estimate of drug-likeness (QED) is 0.495. The maximum atomic E-state index is 12.6. The Labute approximate surface area is 195 Å². The summed E-state index contributed by atoms with van der Waals surface area (Å²) in [5, 5.41) is 16.1. The number of carbonyl (C=O) groups excluding carboxylic acids is 1. The molecular formula is C21H27N7O2S2. The van der Waals surface area contributed by atoms with Crippen LogP contribution in [0.5, 0.6) is 5.75 Å². The summed E-state index contributed by atoms with van der Waals surface area (Å²) in [6.45, 7) is 3.58. The van der Waals surface area contributed by atoms with Gasteiger partial charge in [0, 0.05) is 43.5 Å². The number of rotatable bonds is 8. The number of ether oxygens (including phenoxy) is 1. The topological polar surface area (TPSA) is 102 Å². The molecule has 11 heteroatoms. The van der Waals surface area contributed by atoms with Crippen LogP contribution in [0.15, 0.2) is 47.0 Å². The van der Waals surface area contributed by atoms with Gasteiger partial charge in [-0.15, -0.1) is 5.10 Å². The second-order valence-electron chi connectivity index (χ2n) is 7.78. The van der Waals surface area contributed by atoms with Gasteiger partial charge in [-0.25, -0.2) is 14.9 Å². The predicted molar refractivity (Wildman–Crippen MR) is 124 cm³/mol. The standard InChI is InChI=1S/C21H27N7O2S2/c1-15(32-19-23-25-26-24-19)17-7-11-28(12-8-17)21(29)30-18-5-3-16(4-6-18)9-14-31-20-22-10-13-27(20)2/h3-6,10,13,15,17H,7-9,11-12,14H2,1-2H3,(H,23,24,25,26). The molecule has 9 nitrogen and oxygen atoms in total. The summed E-state index contributed by atoms with van der Waals surface area (Å²) < 4.78 is 7.62. The van der Waals surface area contributed by atoms with E-state index in [1.165, 1.54) is 5.56 Å². The van der Waals surface area contributed by atoms with Crippen LogP contribution >= 0.6 is 23.5 Å². The van der Waals surface area contributed by atoms with E-state index < -0.39 is 0 Å². The minimum Gasteiger partial charge on any atom is -0.410 e. The lowest BCUT2D eigenvalue weighted by molar-refractivity contribution is 0.131. The number of thioether (sulfide) groups is 2. The zero-order chi connectivity index (χ0) is 22.3. The van der Waals surface area contributed by atoms with Gasteiger partial charge < -0.3 is 14.2 Å². The number of tetrazole rings is 1. The van der Waals surface area contributed by atoms with Gasteiger partial charge in [-0.1, -0.05) is 42.6 Å². The molecule has 0 spiro atoms. The molecule has 0 saturated carbocycles. The van der Waals surface area contributed by atoms with E-state index >= 15 is 0 Å². The van der Waals surface area contributed by atoms with Crippen molar-refractivity contribution in [3.05, 3.63) is 42.2 Å². The summed E-state index contributed by atoms with van der Waals surface area (Å²) in [5.41, 5.74) is 1.21. The zero-order valence-electron chi connectivity index (χ0n) is 18.2. The van der Waals surface area contributed by atoms with Gasteiger partial charge in [-0.3, -0.25) is 0 Å². The van der Waals surface area contributed by atoms with Crippen LogP contribution in [-0.4, -0.2) is 65.3 Å². The highest BCUT2D eigenvalue weighted by Crippen LogP contribution is 2.31. The molecule has 0 aliphatic carbocycles. The minimum atomic E-state index is -0.277. The van der Waals surface area contributed by atoms with E-state index in [9.17, 15) is 4.79 Å². The van der Waals surface area contributed by atoms with Crippen molar-refractivity contribution in [1.82, 2.24) is 35.1 Å². The molecule has 1 aliphatic rings. The summed E-state index contributed by atoms with van der Waals surface area (Å²) in [6, 6.07) is 7.78. The van der Waals surface area contributed by atoms with E-state index in [2.05, 4.69) is 32.5 Å². The Morgan fingerprint density at radius 1 is 1.28 bits per heavy atom. The van der Waals surface area contributed by atoms with Crippen molar-refractivity contribution >= 4 is 29.6 Å². The molecule has 170 valence electrons. The highest BCUT2D eigenvalue weighted by Gasteiger charge is 2.28. The highest BCUT2D eigenvalue weighted by atomic mass is 32.2. The SMILES string of the molecule is CC(Sc1nnn[nH]1)C1CCN(C(=O)Oc2ccc(CCSc3nccn3C)cc2)CC1. The van der Waals surface area contributed by atoms with Crippen molar-refractivity contribution in [2.45, 2.75) is 41.7 Å². The smallest absolute Gasteiger partial charge is 0.410 e. The first-order valence-corrected chi connectivity index (χ1v) is 12.5. The van der Waals surface area contributed by atoms with E-state index in [0.29, 0.717) is 30.0 Å². The third kappa shape index (κ3) is 6.04. The Kier molecular flexibility index (Phi) is 7.69. The summed E-state index contributed by atoms with van der Waals surface area (Å²) >= 11 is 3.38. The molecule has 1 amide bonds. The Morgan fingerprint density at radius 3 is 2.72 bits per heavy atom. The molecule has 1 unspecified atom stereocenters. The van der Waals surface area contributed by atoms with Gasteiger partial charge >= 0.3 is 6.09 Å². The van der Waals surface area contributed by atoms with Crippen LogP contribution in [0.25, 0.3) is 0 Å². The van der Waals surface area contributed by atoms with Crippen molar-refractivity contribution in [3.8, 4) is 5.75 Å². The van der Waals surface area contributed by atoms with Gasteiger partial charge in [0.15, 0.2) is 5.16 Å². The number of hydrogen-bond acceptors (Lipinski definition) is 8. The van der Waals surface area contributed by atoms with Gasteiger partial charge in [0.05, 0.1) is 0 Å². The third-order valence-electron chi connectivity index (χ3n) is 5.61. The maximum Gasteiger partial charge on any atom is 0.415 e. The summed E-state index contributed by atoms with van der Waals surface area (Å²) in [5.74, 6) is 2.04. The number of H-pyrrole nitrogens is 1. The first-order valence-electron chi connectivity index (χ1n) is 10.6. The molecule has 3 heterocycles. The molecule has 1 N–H and O–H groups in total. The van der Waals surface area contributed by atoms with E-state index in [4.69, 9.17) is 4.74 Å². The molecule has 1 saturated heterocycles. The van der Waals surface area contributed by atoms with E-state index in [-0.39, 0.29) is 6.09 Å². The minimum absolute atomic E-state index is 0.277. The second-order valence-corrected chi connectivity index (χ2v) is 10.2. The summed E-state index contributed by atoms with van der Waals surface area (Å²) in [7, 11) is 2.00. The molecule has 4 rings (SSSR count). The van der Waals surface area contributed by atoms with Crippen LogP contribution in [0.3, 0.4) is 0 Å². The van der Waals surface area contributed by atoms with Gasteiger partial charge in [0.25, 0.3) is 0 Å². The lowest BCUT2D eigenvalue weighted by Crippen LogP contribution is -2.41. The molecule has 0 bridgehead atoms. The van der Waals surface area contributed by atoms with Crippen LogP contribution in [0, 0.1) is 5.92 Å². The molecular weight excluding hydrogens is 446 g/mol. The number of nitrogens with zero attached hydrogens (tertiary/aromatic N) is 6. The van der Waals surface area contributed by atoms with Crippen molar-refractivity contribution in [3.63, 3.8) is 0 Å². The molecule has 3 aromatic rings. The van der Waals surface area contributed by atoms with Gasteiger partial charge in [0.1, 0.15) is 5.75 Å². The fourth-order valence-electron chi connectivity index (χ4n) is 3.66. The van der Waals surface area contributed by atoms with Crippen molar-refractivity contribution < 1.29 is 9.53 Å². The number of carbonyl (C=O) groups is 1. The average Bonchev–Trinajstić information content (AvgIpc) is 3.47.